The standard InChI is InChI=1S/C14H11BrClFS/c15-14-11(5-3-7-13(14)17)9-18-8-10-4-1-2-6-12(10)16/h1-7H,8-9H2. The molecule has 0 aliphatic carbocycles. The van der Waals surface area contributed by atoms with Crippen LogP contribution in [0.25, 0.3) is 0 Å². The van der Waals surface area contributed by atoms with E-state index in [-0.39, 0.29) is 5.82 Å². The molecule has 2 aromatic rings. The summed E-state index contributed by atoms with van der Waals surface area (Å²) in [7, 11) is 0. The van der Waals surface area contributed by atoms with Crippen LogP contribution in [-0.4, -0.2) is 0 Å². The Balaban J connectivity index is 1.97. The first kappa shape index (κ1) is 13.9. The van der Waals surface area contributed by atoms with E-state index in [0.717, 1.165) is 27.7 Å². The third-order valence-electron chi connectivity index (χ3n) is 2.50. The average molecular weight is 346 g/mol. The fourth-order valence-corrected chi connectivity index (χ4v) is 3.45. The molecule has 0 amide bonds. The second-order valence-corrected chi connectivity index (χ2v) is 5.98. The summed E-state index contributed by atoms with van der Waals surface area (Å²) >= 11 is 11.1. The number of rotatable bonds is 4. The highest BCUT2D eigenvalue weighted by Gasteiger charge is 2.05. The molecule has 4 heteroatoms. The van der Waals surface area contributed by atoms with Gasteiger partial charge in [-0.05, 0) is 39.2 Å². The molecular formula is C14H11BrClFS. The van der Waals surface area contributed by atoms with E-state index >= 15 is 0 Å². The van der Waals surface area contributed by atoms with E-state index in [1.807, 2.05) is 30.3 Å². The van der Waals surface area contributed by atoms with Crippen molar-refractivity contribution >= 4 is 39.3 Å². The Hall–Kier alpha value is -0.510. The molecule has 0 aromatic heterocycles. The molecular weight excluding hydrogens is 335 g/mol. The molecule has 2 rings (SSSR count). The quantitative estimate of drug-likeness (QED) is 0.687. The van der Waals surface area contributed by atoms with Crippen molar-refractivity contribution in [3.63, 3.8) is 0 Å². The first-order valence-electron chi connectivity index (χ1n) is 5.42. The van der Waals surface area contributed by atoms with Crippen LogP contribution in [0.4, 0.5) is 4.39 Å². The van der Waals surface area contributed by atoms with Gasteiger partial charge < -0.3 is 0 Å². The van der Waals surface area contributed by atoms with E-state index in [9.17, 15) is 4.39 Å². The minimum absolute atomic E-state index is 0.217. The fourth-order valence-electron chi connectivity index (χ4n) is 1.55. The van der Waals surface area contributed by atoms with Crippen molar-refractivity contribution in [1.82, 2.24) is 0 Å². The fraction of sp³-hybridized carbons (Fsp3) is 0.143. The largest absolute Gasteiger partial charge is 0.206 e. The molecule has 0 saturated heterocycles. The maximum absolute atomic E-state index is 13.3. The van der Waals surface area contributed by atoms with Gasteiger partial charge >= 0.3 is 0 Å². The van der Waals surface area contributed by atoms with Crippen molar-refractivity contribution in [3.8, 4) is 0 Å². The molecule has 18 heavy (non-hydrogen) atoms. The Morgan fingerprint density at radius 1 is 1.00 bits per heavy atom. The highest BCUT2D eigenvalue weighted by Crippen LogP contribution is 2.27. The summed E-state index contributed by atoms with van der Waals surface area (Å²) in [6, 6.07) is 12.9. The second-order valence-electron chi connectivity index (χ2n) is 3.80. The predicted octanol–water partition coefficient (Wildman–Crippen LogP) is 5.68. The molecule has 0 N–H and O–H groups in total. The van der Waals surface area contributed by atoms with Gasteiger partial charge in [0.2, 0.25) is 0 Å². The van der Waals surface area contributed by atoms with Gasteiger partial charge in [-0.25, -0.2) is 4.39 Å². The normalized spacial score (nSPS) is 10.6. The smallest absolute Gasteiger partial charge is 0.137 e. The van der Waals surface area contributed by atoms with Gasteiger partial charge in [0, 0.05) is 16.5 Å². The van der Waals surface area contributed by atoms with Crippen LogP contribution in [0.15, 0.2) is 46.9 Å². The Morgan fingerprint density at radius 2 is 1.67 bits per heavy atom. The molecule has 0 atom stereocenters. The van der Waals surface area contributed by atoms with Crippen LogP contribution in [0.5, 0.6) is 0 Å². The number of thioether (sulfide) groups is 1. The third-order valence-corrected chi connectivity index (χ3v) is 4.79. The lowest BCUT2D eigenvalue weighted by molar-refractivity contribution is 0.619. The number of benzene rings is 2. The highest BCUT2D eigenvalue weighted by atomic mass is 79.9. The first-order chi connectivity index (χ1) is 8.68. The Kier molecular flexibility index (Phi) is 5.10. The van der Waals surface area contributed by atoms with Crippen LogP contribution in [0.2, 0.25) is 5.02 Å². The molecule has 0 aliphatic rings. The predicted molar refractivity (Wildman–Crippen MR) is 80.6 cm³/mol. The average Bonchev–Trinajstić information content (AvgIpc) is 2.37. The van der Waals surface area contributed by atoms with Crippen molar-refractivity contribution < 1.29 is 4.39 Å². The molecule has 0 saturated carbocycles. The van der Waals surface area contributed by atoms with E-state index in [1.54, 1.807) is 17.8 Å². The Labute approximate surface area is 124 Å². The summed E-state index contributed by atoms with van der Waals surface area (Å²) in [6.07, 6.45) is 0. The van der Waals surface area contributed by atoms with Gasteiger partial charge in [-0.2, -0.15) is 11.8 Å². The monoisotopic (exact) mass is 344 g/mol. The molecule has 0 nitrogen and oxygen atoms in total. The Morgan fingerprint density at radius 3 is 2.44 bits per heavy atom. The molecule has 0 aliphatic heterocycles. The minimum atomic E-state index is -0.217. The zero-order valence-corrected chi connectivity index (χ0v) is 12.7. The molecule has 0 unspecified atom stereocenters. The van der Waals surface area contributed by atoms with E-state index in [0.29, 0.717) is 4.47 Å². The lowest BCUT2D eigenvalue weighted by Gasteiger charge is -2.06. The highest BCUT2D eigenvalue weighted by molar-refractivity contribution is 9.10. The summed E-state index contributed by atoms with van der Waals surface area (Å²) in [5.74, 6) is 1.36. The van der Waals surface area contributed by atoms with Crippen molar-refractivity contribution in [2.45, 2.75) is 11.5 Å². The lowest BCUT2D eigenvalue weighted by Crippen LogP contribution is -1.88. The molecule has 0 bridgehead atoms. The Bertz CT molecular complexity index is 545. The van der Waals surface area contributed by atoms with Gasteiger partial charge in [-0.1, -0.05) is 41.9 Å². The van der Waals surface area contributed by atoms with Crippen LogP contribution in [-0.2, 0) is 11.5 Å². The van der Waals surface area contributed by atoms with Crippen LogP contribution in [0, 0.1) is 5.82 Å². The summed E-state index contributed by atoms with van der Waals surface area (Å²) in [4.78, 5) is 0. The second kappa shape index (κ2) is 6.60. The zero-order chi connectivity index (χ0) is 13.0. The topological polar surface area (TPSA) is 0 Å². The zero-order valence-electron chi connectivity index (χ0n) is 9.50. The van der Waals surface area contributed by atoms with Crippen molar-refractivity contribution in [2.24, 2.45) is 0 Å². The summed E-state index contributed by atoms with van der Waals surface area (Å²) < 4.78 is 13.9. The van der Waals surface area contributed by atoms with Gasteiger partial charge in [-0.15, -0.1) is 0 Å². The lowest BCUT2D eigenvalue weighted by atomic mass is 10.2. The van der Waals surface area contributed by atoms with E-state index in [2.05, 4.69) is 15.9 Å². The minimum Gasteiger partial charge on any atom is -0.206 e. The summed E-state index contributed by atoms with van der Waals surface area (Å²) in [5, 5.41) is 0.781. The third kappa shape index (κ3) is 3.50. The van der Waals surface area contributed by atoms with E-state index in [1.165, 1.54) is 6.07 Å². The summed E-state index contributed by atoms with van der Waals surface area (Å²) in [5.41, 5.74) is 2.07. The van der Waals surface area contributed by atoms with E-state index < -0.39 is 0 Å². The molecule has 94 valence electrons. The molecule has 0 heterocycles. The number of hydrogen-bond donors (Lipinski definition) is 0. The van der Waals surface area contributed by atoms with Gasteiger partial charge in [0.05, 0.1) is 4.47 Å². The maximum atomic E-state index is 13.3. The number of halogens is 3. The molecule has 0 spiro atoms. The van der Waals surface area contributed by atoms with Gasteiger partial charge in [0.25, 0.3) is 0 Å². The first-order valence-corrected chi connectivity index (χ1v) is 7.75. The van der Waals surface area contributed by atoms with Crippen LogP contribution < -0.4 is 0 Å². The molecule has 0 fully saturated rings. The van der Waals surface area contributed by atoms with Gasteiger partial charge in [-0.3, -0.25) is 0 Å². The van der Waals surface area contributed by atoms with Crippen molar-refractivity contribution in [1.29, 1.82) is 0 Å². The van der Waals surface area contributed by atoms with Crippen molar-refractivity contribution in [2.75, 3.05) is 0 Å². The SMILES string of the molecule is Fc1cccc(CSCc2ccccc2Cl)c1Br. The van der Waals surface area contributed by atoms with Crippen molar-refractivity contribution in [3.05, 3.63) is 68.9 Å². The maximum Gasteiger partial charge on any atom is 0.137 e. The van der Waals surface area contributed by atoms with Crippen LogP contribution >= 0.6 is 39.3 Å². The number of hydrogen-bond acceptors (Lipinski definition) is 1. The van der Waals surface area contributed by atoms with E-state index in [4.69, 9.17) is 11.6 Å². The molecule has 0 radical (unpaired) electrons. The molecule has 2 aromatic carbocycles. The van der Waals surface area contributed by atoms with Crippen LogP contribution in [0.3, 0.4) is 0 Å². The van der Waals surface area contributed by atoms with Crippen LogP contribution in [0.1, 0.15) is 11.1 Å². The summed E-state index contributed by atoms with van der Waals surface area (Å²) in [6.45, 7) is 0. The van der Waals surface area contributed by atoms with Gasteiger partial charge in [0.1, 0.15) is 5.82 Å². The van der Waals surface area contributed by atoms with Gasteiger partial charge in [0.15, 0.2) is 0 Å².